The maximum atomic E-state index is 5.48. The Hall–Kier alpha value is -0.890. The second-order valence-corrected chi connectivity index (χ2v) is 8.56. The summed E-state index contributed by atoms with van der Waals surface area (Å²) in [6, 6.07) is 0. The van der Waals surface area contributed by atoms with Crippen molar-refractivity contribution in [3.63, 3.8) is 0 Å². The molecule has 158 valence electrons. The van der Waals surface area contributed by atoms with Crippen molar-refractivity contribution in [3.8, 4) is 0 Å². The highest BCUT2D eigenvalue weighted by molar-refractivity contribution is 5.79. The number of aliphatic imine (C=N–C) groups is 1. The van der Waals surface area contributed by atoms with Gasteiger partial charge in [-0.1, -0.05) is 13.8 Å². The number of guanidine groups is 1. The highest BCUT2D eigenvalue weighted by atomic mass is 16.5. The number of likely N-dealkylation sites (N-methyl/N-ethyl adjacent to an activating group) is 1. The van der Waals surface area contributed by atoms with E-state index in [1.807, 2.05) is 7.05 Å². The number of rotatable bonds is 8. The SMILES string of the molecule is CCN1CCN(CC(C)CNC(=NC)NCC(C)(C)N2CCOCC2)CC1. The number of ether oxygens (including phenoxy) is 1. The summed E-state index contributed by atoms with van der Waals surface area (Å²) in [6.07, 6.45) is 0. The van der Waals surface area contributed by atoms with Crippen molar-refractivity contribution in [3.05, 3.63) is 0 Å². The lowest BCUT2D eigenvalue weighted by atomic mass is 10.0. The molecule has 7 heteroatoms. The molecule has 0 aliphatic carbocycles. The zero-order valence-electron chi connectivity index (χ0n) is 18.3. The van der Waals surface area contributed by atoms with E-state index < -0.39 is 0 Å². The number of nitrogens with zero attached hydrogens (tertiary/aromatic N) is 4. The molecular formula is C20H42N6O. The first-order valence-corrected chi connectivity index (χ1v) is 10.7. The monoisotopic (exact) mass is 382 g/mol. The fourth-order valence-electron chi connectivity index (χ4n) is 3.87. The molecule has 0 spiro atoms. The number of hydrogen-bond acceptors (Lipinski definition) is 5. The molecule has 0 bridgehead atoms. The smallest absolute Gasteiger partial charge is 0.191 e. The summed E-state index contributed by atoms with van der Waals surface area (Å²) in [4.78, 5) is 12.0. The van der Waals surface area contributed by atoms with Gasteiger partial charge >= 0.3 is 0 Å². The third-order valence-electron chi connectivity index (χ3n) is 5.88. The predicted octanol–water partition coefficient (Wildman–Crippen LogP) is 0.536. The lowest BCUT2D eigenvalue weighted by Gasteiger charge is -2.41. The van der Waals surface area contributed by atoms with Gasteiger partial charge in [0.15, 0.2) is 5.96 Å². The summed E-state index contributed by atoms with van der Waals surface area (Å²) in [6.45, 7) is 21.8. The molecule has 0 aromatic carbocycles. The molecule has 27 heavy (non-hydrogen) atoms. The van der Waals surface area contributed by atoms with Crippen LogP contribution in [0.4, 0.5) is 0 Å². The highest BCUT2D eigenvalue weighted by Crippen LogP contribution is 2.15. The van der Waals surface area contributed by atoms with E-state index >= 15 is 0 Å². The van der Waals surface area contributed by atoms with E-state index in [1.54, 1.807) is 0 Å². The van der Waals surface area contributed by atoms with Crippen LogP contribution in [0.2, 0.25) is 0 Å². The maximum absolute atomic E-state index is 5.48. The first-order valence-electron chi connectivity index (χ1n) is 10.7. The van der Waals surface area contributed by atoms with Crippen molar-refractivity contribution < 1.29 is 4.74 Å². The van der Waals surface area contributed by atoms with Gasteiger partial charge in [0.05, 0.1) is 13.2 Å². The minimum Gasteiger partial charge on any atom is -0.379 e. The minimum atomic E-state index is 0.0893. The van der Waals surface area contributed by atoms with Crippen LogP contribution in [0.3, 0.4) is 0 Å². The van der Waals surface area contributed by atoms with Gasteiger partial charge in [-0.15, -0.1) is 0 Å². The first-order chi connectivity index (χ1) is 12.9. The third kappa shape index (κ3) is 7.56. The van der Waals surface area contributed by atoms with Crippen LogP contribution in [0.15, 0.2) is 4.99 Å². The zero-order chi connectivity index (χ0) is 19.7. The van der Waals surface area contributed by atoms with Crippen molar-refractivity contribution in [2.45, 2.75) is 33.2 Å². The van der Waals surface area contributed by atoms with Crippen LogP contribution in [0.5, 0.6) is 0 Å². The van der Waals surface area contributed by atoms with E-state index in [4.69, 9.17) is 4.74 Å². The molecule has 0 radical (unpaired) electrons. The lowest BCUT2D eigenvalue weighted by Crippen LogP contribution is -2.56. The predicted molar refractivity (Wildman–Crippen MR) is 114 cm³/mol. The average Bonchev–Trinajstić information content (AvgIpc) is 2.69. The summed E-state index contributed by atoms with van der Waals surface area (Å²) >= 11 is 0. The second-order valence-electron chi connectivity index (χ2n) is 8.56. The van der Waals surface area contributed by atoms with Gasteiger partial charge in [-0.05, 0) is 26.3 Å². The molecule has 0 aromatic rings. The zero-order valence-corrected chi connectivity index (χ0v) is 18.3. The maximum Gasteiger partial charge on any atom is 0.191 e. The van der Waals surface area contributed by atoms with Crippen molar-refractivity contribution in [1.82, 2.24) is 25.3 Å². The fraction of sp³-hybridized carbons (Fsp3) is 0.950. The summed E-state index contributed by atoms with van der Waals surface area (Å²) in [5, 5.41) is 7.03. The third-order valence-corrected chi connectivity index (χ3v) is 5.88. The first kappa shape index (κ1) is 22.4. The Labute approximate surface area is 166 Å². The Morgan fingerprint density at radius 2 is 1.67 bits per heavy atom. The summed E-state index contributed by atoms with van der Waals surface area (Å²) in [5.74, 6) is 1.50. The number of nitrogens with one attached hydrogen (secondary N) is 2. The molecule has 0 aromatic heterocycles. The molecule has 0 saturated carbocycles. The minimum absolute atomic E-state index is 0.0893. The van der Waals surface area contributed by atoms with Gasteiger partial charge in [-0.25, -0.2) is 0 Å². The topological polar surface area (TPSA) is 55.4 Å². The molecule has 1 atom stereocenters. The Morgan fingerprint density at radius 1 is 1.04 bits per heavy atom. The van der Waals surface area contributed by atoms with E-state index in [0.29, 0.717) is 5.92 Å². The highest BCUT2D eigenvalue weighted by Gasteiger charge is 2.28. The van der Waals surface area contributed by atoms with Crippen LogP contribution in [-0.2, 0) is 4.74 Å². The van der Waals surface area contributed by atoms with E-state index in [1.165, 1.54) is 32.7 Å². The molecule has 0 amide bonds. The second kappa shape index (κ2) is 11.2. The van der Waals surface area contributed by atoms with Crippen molar-refractivity contribution in [2.75, 3.05) is 85.7 Å². The molecule has 2 rings (SSSR count). The van der Waals surface area contributed by atoms with Crippen LogP contribution in [0.1, 0.15) is 27.7 Å². The molecule has 2 saturated heterocycles. The van der Waals surface area contributed by atoms with Crippen LogP contribution < -0.4 is 10.6 Å². The molecule has 2 N–H and O–H groups in total. The van der Waals surface area contributed by atoms with Gasteiger partial charge in [0.25, 0.3) is 0 Å². The van der Waals surface area contributed by atoms with E-state index in [2.05, 4.69) is 58.0 Å². The average molecular weight is 383 g/mol. The molecule has 2 aliphatic heterocycles. The van der Waals surface area contributed by atoms with Crippen molar-refractivity contribution in [2.24, 2.45) is 10.9 Å². The van der Waals surface area contributed by atoms with Crippen LogP contribution in [0.25, 0.3) is 0 Å². The van der Waals surface area contributed by atoms with Crippen molar-refractivity contribution >= 4 is 5.96 Å². The van der Waals surface area contributed by atoms with Gasteiger partial charge in [0, 0.05) is 71.5 Å². The van der Waals surface area contributed by atoms with E-state index in [0.717, 1.165) is 51.9 Å². The molecular weight excluding hydrogens is 340 g/mol. The molecule has 1 unspecified atom stereocenters. The standard InChI is InChI=1S/C20H42N6O/c1-6-24-7-9-25(10-8-24)16-18(2)15-22-19(21-5)23-17-20(3,4)26-11-13-27-14-12-26/h18H,6-17H2,1-5H3,(H2,21,22,23). The molecule has 2 heterocycles. The Kier molecular flexibility index (Phi) is 9.29. The Bertz CT molecular complexity index is 442. The lowest BCUT2D eigenvalue weighted by molar-refractivity contribution is -0.00834. The Morgan fingerprint density at radius 3 is 2.26 bits per heavy atom. The van der Waals surface area contributed by atoms with E-state index in [9.17, 15) is 0 Å². The number of morpholine rings is 1. The van der Waals surface area contributed by atoms with Gasteiger partial charge in [-0.2, -0.15) is 0 Å². The quantitative estimate of drug-likeness (QED) is 0.472. The summed E-state index contributed by atoms with van der Waals surface area (Å²) < 4.78 is 5.48. The molecule has 2 aliphatic rings. The van der Waals surface area contributed by atoms with Crippen LogP contribution >= 0.6 is 0 Å². The van der Waals surface area contributed by atoms with Gasteiger partial charge in [0.1, 0.15) is 0 Å². The summed E-state index contributed by atoms with van der Waals surface area (Å²) in [7, 11) is 1.85. The molecule has 7 nitrogen and oxygen atoms in total. The number of hydrogen-bond donors (Lipinski definition) is 2. The van der Waals surface area contributed by atoms with Gasteiger partial charge in [0.2, 0.25) is 0 Å². The van der Waals surface area contributed by atoms with Gasteiger partial charge in [-0.3, -0.25) is 9.89 Å². The number of piperazine rings is 1. The Balaban J connectivity index is 1.67. The molecule has 2 fully saturated rings. The summed E-state index contributed by atoms with van der Waals surface area (Å²) in [5.41, 5.74) is 0.0893. The van der Waals surface area contributed by atoms with Crippen LogP contribution in [-0.4, -0.2) is 112 Å². The largest absolute Gasteiger partial charge is 0.379 e. The van der Waals surface area contributed by atoms with Gasteiger partial charge < -0.3 is 25.2 Å². The van der Waals surface area contributed by atoms with Crippen LogP contribution in [0, 0.1) is 5.92 Å². The fourth-order valence-corrected chi connectivity index (χ4v) is 3.87. The van der Waals surface area contributed by atoms with Crippen molar-refractivity contribution in [1.29, 1.82) is 0 Å². The van der Waals surface area contributed by atoms with E-state index in [-0.39, 0.29) is 5.54 Å². The normalized spacial score (nSPS) is 22.6.